The summed E-state index contributed by atoms with van der Waals surface area (Å²) >= 11 is 1.56. The molecule has 1 amide bonds. The number of rotatable bonds is 4. The van der Waals surface area contributed by atoms with E-state index in [0.29, 0.717) is 18.9 Å². The Morgan fingerprint density at radius 1 is 1.32 bits per heavy atom. The van der Waals surface area contributed by atoms with Gasteiger partial charge in [0.1, 0.15) is 6.54 Å². The van der Waals surface area contributed by atoms with Gasteiger partial charge in [-0.05, 0) is 38.1 Å². The first-order valence-corrected chi connectivity index (χ1v) is 9.57. The quantitative estimate of drug-likeness (QED) is 0.831. The maximum atomic E-state index is 12.8. The van der Waals surface area contributed by atoms with Crippen molar-refractivity contribution in [1.29, 1.82) is 0 Å². The van der Waals surface area contributed by atoms with Crippen LogP contribution in [0.1, 0.15) is 32.7 Å². The predicted molar refractivity (Wildman–Crippen MR) is 94.7 cm³/mol. The van der Waals surface area contributed by atoms with Gasteiger partial charge >= 0.3 is 5.69 Å². The molecule has 2 fully saturated rings. The smallest absolute Gasteiger partial charge is 0.346 e. The number of morpholine rings is 1. The van der Waals surface area contributed by atoms with E-state index in [1.165, 1.54) is 4.68 Å². The van der Waals surface area contributed by atoms with E-state index in [9.17, 15) is 9.59 Å². The van der Waals surface area contributed by atoms with Crippen LogP contribution in [0.4, 0.5) is 0 Å². The largest absolute Gasteiger partial charge is 0.372 e. The lowest BCUT2D eigenvalue weighted by atomic mass is 10.2. The Kier molecular flexibility index (Phi) is 4.24. The average Bonchev–Trinajstić information content (AvgIpc) is 3.14. The fraction of sp³-hybridized carbons (Fsp3) is 0.588. The first-order chi connectivity index (χ1) is 12.0. The Balaban J connectivity index is 1.59. The van der Waals surface area contributed by atoms with Crippen molar-refractivity contribution in [3.63, 3.8) is 0 Å². The molecule has 2 aromatic rings. The summed E-state index contributed by atoms with van der Waals surface area (Å²) in [6, 6.07) is 4.13. The summed E-state index contributed by atoms with van der Waals surface area (Å²) in [6.45, 7) is 5.01. The molecule has 8 heteroatoms. The van der Waals surface area contributed by atoms with Gasteiger partial charge in [0.2, 0.25) is 5.91 Å². The Morgan fingerprint density at radius 3 is 2.64 bits per heavy atom. The van der Waals surface area contributed by atoms with Crippen molar-refractivity contribution < 1.29 is 9.53 Å². The monoisotopic (exact) mass is 362 g/mol. The highest BCUT2D eigenvalue weighted by atomic mass is 32.1. The van der Waals surface area contributed by atoms with E-state index < -0.39 is 0 Å². The van der Waals surface area contributed by atoms with Crippen LogP contribution in [-0.4, -0.2) is 50.5 Å². The molecule has 2 aromatic heterocycles. The molecule has 0 aromatic carbocycles. The van der Waals surface area contributed by atoms with Gasteiger partial charge in [-0.15, -0.1) is 16.4 Å². The number of carbonyl (C=O) groups is 1. The van der Waals surface area contributed by atoms with E-state index in [2.05, 4.69) is 5.10 Å². The third-order valence-electron chi connectivity index (χ3n) is 4.58. The number of nitrogens with zero attached hydrogens (tertiary/aromatic N) is 4. The molecule has 1 saturated carbocycles. The Labute approximate surface area is 149 Å². The fourth-order valence-electron chi connectivity index (χ4n) is 3.37. The van der Waals surface area contributed by atoms with E-state index in [1.807, 2.05) is 31.4 Å². The summed E-state index contributed by atoms with van der Waals surface area (Å²) in [5, 5.41) is 6.46. The van der Waals surface area contributed by atoms with Crippen LogP contribution in [0.3, 0.4) is 0 Å². The number of hydrogen-bond acceptors (Lipinski definition) is 5. The molecule has 4 rings (SSSR count). The zero-order valence-electron chi connectivity index (χ0n) is 14.4. The molecule has 2 atom stereocenters. The van der Waals surface area contributed by atoms with Gasteiger partial charge in [-0.25, -0.2) is 9.48 Å². The highest BCUT2D eigenvalue weighted by Gasteiger charge is 2.32. The lowest BCUT2D eigenvalue weighted by Gasteiger charge is -2.35. The van der Waals surface area contributed by atoms with Gasteiger partial charge in [-0.2, -0.15) is 0 Å². The summed E-state index contributed by atoms with van der Waals surface area (Å²) < 4.78 is 8.75. The molecular weight excluding hydrogens is 340 g/mol. The van der Waals surface area contributed by atoms with Crippen LogP contribution < -0.4 is 5.69 Å². The number of hydrogen-bond donors (Lipinski definition) is 0. The predicted octanol–water partition coefficient (Wildman–Crippen LogP) is 1.74. The third-order valence-corrected chi connectivity index (χ3v) is 5.45. The molecule has 0 N–H and O–H groups in total. The van der Waals surface area contributed by atoms with Gasteiger partial charge in [0.15, 0.2) is 5.82 Å². The highest BCUT2D eigenvalue weighted by molar-refractivity contribution is 7.13. The van der Waals surface area contributed by atoms with Gasteiger partial charge in [0.25, 0.3) is 0 Å². The van der Waals surface area contributed by atoms with Crippen LogP contribution in [0.15, 0.2) is 22.3 Å². The van der Waals surface area contributed by atoms with Gasteiger partial charge in [0, 0.05) is 19.1 Å². The molecular formula is C17H22N4O3S. The molecule has 1 aliphatic heterocycles. The molecule has 3 heterocycles. The first kappa shape index (κ1) is 16.5. The van der Waals surface area contributed by atoms with Crippen molar-refractivity contribution in [2.75, 3.05) is 13.1 Å². The van der Waals surface area contributed by atoms with Crippen molar-refractivity contribution in [2.45, 2.75) is 51.5 Å². The van der Waals surface area contributed by atoms with E-state index >= 15 is 0 Å². The van der Waals surface area contributed by atoms with E-state index in [4.69, 9.17) is 4.74 Å². The summed E-state index contributed by atoms with van der Waals surface area (Å²) in [7, 11) is 0. The number of thiophene rings is 1. The molecule has 2 aliphatic rings. The number of aromatic nitrogens is 3. The summed E-state index contributed by atoms with van der Waals surface area (Å²) in [6.07, 6.45) is 2.01. The van der Waals surface area contributed by atoms with Crippen LogP contribution >= 0.6 is 11.3 Å². The maximum absolute atomic E-state index is 12.8. The van der Waals surface area contributed by atoms with Gasteiger partial charge in [-0.3, -0.25) is 9.36 Å². The second-order valence-electron chi connectivity index (χ2n) is 6.90. The van der Waals surface area contributed by atoms with Crippen LogP contribution in [0, 0.1) is 0 Å². The van der Waals surface area contributed by atoms with Gasteiger partial charge < -0.3 is 9.64 Å². The zero-order chi connectivity index (χ0) is 17.6. The molecule has 0 spiro atoms. The summed E-state index contributed by atoms with van der Waals surface area (Å²) in [5.74, 6) is 0.598. The third kappa shape index (κ3) is 3.28. The number of amides is 1. The molecule has 1 saturated heterocycles. The second kappa shape index (κ2) is 6.42. The van der Waals surface area contributed by atoms with Crippen molar-refractivity contribution in [3.05, 3.63) is 28.0 Å². The Morgan fingerprint density at radius 2 is 2.04 bits per heavy atom. The SMILES string of the molecule is CC1CN(C(=O)Cn2nc(-c3cccs3)n(C3CC3)c2=O)CC(C)O1. The molecule has 2 unspecified atom stereocenters. The van der Waals surface area contributed by atoms with Crippen molar-refractivity contribution >= 4 is 17.2 Å². The highest BCUT2D eigenvalue weighted by Crippen LogP contribution is 2.37. The van der Waals surface area contributed by atoms with Crippen LogP contribution in [0.2, 0.25) is 0 Å². The first-order valence-electron chi connectivity index (χ1n) is 8.69. The van der Waals surface area contributed by atoms with Crippen molar-refractivity contribution in [3.8, 4) is 10.7 Å². The molecule has 7 nitrogen and oxygen atoms in total. The van der Waals surface area contributed by atoms with E-state index in [1.54, 1.807) is 20.8 Å². The maximum Gasteiger partial charge on any atom is 0.346 e. The summed E-state index contributed by atoms with van der Waals surface area (Å²) in [4.78, 5) is 28.2. The normalized spacial score (nSPS) is 23.8. The van der Waals surface area contributed by atoms with Crippen LogP contribution in [0.25, 0.3) is 10.7 Å². The lowest BCUT2D eigenvalue weighted by molar-refractivity contribution is -0.144. The molecule has 25 heavy (non-hydrogen) atoms. The van der Waals surface area contributed by atoms with Crippen LogP contribution in [0.5, 0.6) is 0 Å². The lowest BCUT2D eigenvalue weighted by Crippen LogP contribution is -2.49. The van der Waals surface area contributed by atoms with Crippen molar-refractivity contribution in [1.82, 2.24) is 19.2 Å². The molecule has 0 radical (unpaired) electrons. The Hall–Kier alpha value is -1.93. The minimum absolute atomic E-state index is 0.00937. The molecule has 0 bridgehead atoms. The minimum Gasteiger partial charge on any atom is -0.372 e. The minimum atomic E-state index is -0.186. The van der Waals surface area contributed by atoms with E-state index in [0.717, 1.165) is 17.7 Å². The fourth-order valence-corrected chi connectivity index (χ4v) is 4.07. The Bertz CT molecular complexity index is 812. The van der Waals surface area contributed by atoms with E-state index in [-0.39, 0.29) is 36.4 Å². The number of ether oxygens (including phenoxy) is 1. The van der Waals surface area contributed by atoms with Crippen LogP contribution in [-0.2, 0) is 16.1 Å². The van der Waals surface area contributed by atoms with Crippen molar-refractivity contribution in [2.24, 2.45) is 0 Å². The molecule has 134 valence electrons. The second-order valence-corrected chi connectivity index (χ2v) is 7.85. The molecule has 1 aliphatic carbocycles. The number of carbonyl (C=O) groups excluding carboxylic acids is 1. The standard InChI is InChI=1S/C17H22N4O3S/c1-11-8-19(9-12(2)24-11)15(22)10-20-17(23)21(13-5-6-13)16(18-20)14-4-3-7-25-14/h3-4,7,11-13H,5-6,8-10H2,1-2H3. The summed E-state index contributed by atoms with van der Waals surface area (Å²) in [5.41, 5.74) is -0.186. The van der Waals surface area contributed by atoms with Gasteiger partial charge in [0.05, 0.1) is 17.1 Å². The zero-order valence-corrected chi connectivity index (χ0v) is 15.2. The van der Waals surface area contributed by atoms with Gasteiger partial charge in [-0.1, -0.05) is 6.07 Å². The topological polar surface area (TPSA) is 69.4 Å². The average molecular weight is 362 g/mol.